The molecule has 0 saturated heterocycles. The summed E-state index contributed by atoms with van der Waals surface area (Å²) in [5.74, 6) is -1.36. The van der Waals surface area contributed by atoms with Crippen LogP contribution in [0.5, 0.6) is 0 Å². The van der Waals surface area contributed by atoms with Crippen molar-refractivity contribution in [3.8, 4) is 0 Å². The van der Waals surface area contributed by atoms with Gasteiger partial charge in [-0.25, -0.2) is 4.79 Å². The lowest BCUT2D eigenvalue weighted by Gasteiger charge is -2.17. The normalized spacial score (nSPS) is 12.5. The Labute approximate surface area is 129 Å². The molecule has 0 aliphatic carbocycles. The van der Waals surface area contributed by atoms with Crippen LogP contribution in [-0.2, 0) is 23.1 Å². The first-order chi connectivity index (χ1) is 10.4. The first-order valence-corrected chi connectivity index (χ1v) is 7.45. The van der Waals surface area contributed by atoms with Crippen molar-refractivity contribution in [2.45, 2.75) is 32.7 Å². The monoisotopic (exact) mass is 302 g/mol. The van der Waals surface area contributed by atoms with Crippen LogP contribution >= 0.6 is 0 Å². The molecule has 0 bridgehead atoms. The smallest absolute Gasteiger partial charge is 0.326 e. The molecule has 0 spiro atoms. The average molecular weight is 302 g/mol. The third-order valence-electron chi connectivity index (χ3n) is 3.85. The van der Waals surface area contributed by atoms with Crippen LogP contribution in [0.3, 0.4) is 0 Å². The van der Waals surface area contributed by atoms with Crippen LogP contribution in [0.1, 0.15) is 25.8 Å². The Morgan fingerprint density at radius 3 is 2.59 bits per heavy atom. The molecule has 2 N–H and O–H groups in total. The second kappa shape index (κ2) is 6.64. The number of benzene rings is 1. The van der Waals surface area contributed by atoms with E-state index in [1.807, 2.05) is 42.1 Å². The van der Waals surface area contributed by atoms with Crippen molar-refractivity contribution in [3.05, 3.63) is 36.0 Å². The fourth-order valence-electron chi connectivity index (χ4n) is 2.63. The minimum absolute atomic E-state index is 0.140. The highest BCUT2D eigenvalue weighted by Gasteiger charge is 2.23. The molecule has 22 heavy (non-hydrogen) atoms. The van der Waals surface area contributed by atoms with Crippen molar-refractivity contribution in [1.29, 1.82) is 0 Å². The van der Waals surface area contributed by atoms with Crippen LogP contribution in [0, 0.1) is 5.92 Å². The van der Waals surface area contributed by atoms with E-state index in [0.29, 0.717) is 6.42 Å². The third-order valence-corrected chi connectivity index (χ3v) is 3.85. The number of hydrogen-bond acceptors (Lipinski definition) is 2. The number of amides is 1. The highest BCUT2D eigenvalue weighted by molar-refractivity contribution is 5.86. The van der Waals surface area contributed by atoms with E-state index in [-0.39, 0.29) is 18.2 Å². The van der Waals surface area contributed by atoms with Crippen LogP contribution < -0.4 is 5.32 Å². The van der Waals surface area contributed by atoms with E-state index in [1.54, 1.807) is 13.8 Å². The Hall–Kier alpha value is -2.30. The van der Waals surface area contributed by atoms with Crippen molar-refractivity contribution < 1.29 is 14.7 Å². The largest absolute Gasteiger partial charge is 0.480 e. The van der Waals surface area contributed by atoms with E-state index >= 15 is 0 Å². The van der Waals surface area contributed by atoms with Crippen LogP contribution in [-0.4, -0.2) is 27.6 Å². The molecule has 2 aromatic rings. The summed E-state index contributed by atoms with van der Waals surface area (Å²) in [6.07, 6.45) is 2.90. The number of para-hydroxylation sites is 1. The molecule has 1 amide bonds. The summed E-state index contributed by atoms with van der Waals surface area (Å²) in [6.45, 7) is 3.56. The van der Waals surface area contributed by atoms with Crippen molar-refractivity contribution in [3.63, 3.8) is 0 Å². The van der Waals surface area contributed by atoms with Gasteiger partial charge in [0.25, 0.3) is 0 Å². The number of aryl methyl sites for hydroxylation is 2. The molecule has 0 unspecified atom stereocenters. The topological polar surface area (TPSA) is 71.3 Å². The van der Waals surface area contributed by atoms with Gasteiger partial charge in [0.05, 0.1) is 0 Å². The Morgan fingerprint density at radius 1 is 1.27 bits per heavy atom. The summed E-state index contributed by atoms with van der Waals surface area (Å²) >= 11 is 0. The standard InChI is InChI=1S/C17H22N2O3/c1-11(2)16(17(21)22)18-15(20)9-8-12-10-19(3)14-7-5-4-6-13(12)14/h4-7,10-11,16H,8-9H2,1-3H3,(H,18,20)(H,21,22)/t16-/m1/s1. The summed E-state index contributed by atoms with van der Waals surface area (Å²) < 4.78 is 2.04. The average Bonchev–Trinajstić information content (AvgIpc) is 2.79. The first-order valence-electron chi connectivity index (χ1n) is 7.45. The van der Waals surface area contributed by atoms with Crippen molar-refractivity contribution >= 4 is 22.8 Å². The minimum atomic E-state index is -0.992. The predicted molar refractivity (Wildman–Crippen MR) is 85.6 cm³/mol. The lowest BCUT2D eigenvalue weighted by Crippen LogP contribution is -2.44. The van der Waals surface area contributed by atoms with Gasteiger partial charge in [-0.15, -0.1) is 0 Å². The van der Waals surface area contributed by atoms with E-state index < -0.39 is 12.0 Å². The first kappa shape index (κ1) is 16.1. The van der Waals surface area contributed by atoms with E-state index in [2.05, 4.69) is 5.32 Å². The molecule has 0 aliphatic rings. The molecule has 0 fully saturated rings. The Bertz CT molecular complexity index is 688. The number of fused-ring (bicyclic) bond motifs is 1. The number of aromatic nitrogens is 1. The van der Waals surface area contributed by atoms with Crippen molar-refractivity contribution in [2.24, 2.45) is 13.0 Å². The maximum atomic E-state index is 12.0. The Balaban J connectivity index is 2.03. The molecule has 2 rings (SSSR count). The molecule has 1 atom stereocenters. The van der Waals surface area contributed by atoms with Crippen molar-refractivity contribution in [2.75, 3.05) is 0 Å². The number of rotatable bonds is 6. The van der Waals surface area contributed by atoms with Gasteiger partial charge in [-0.05, 0) is 24.0 Å². The van der Waals surface area contributed by atoms with Crippen molar-refractivity contribution in [1.82, 2.24) is 9.88 Å². The Morgan fingerprint density at radius 2 is 1.95 bits per heavy atom. The highest BCUT2D eigenvalue weighted by atomic mass is 16.4. The molecule has 5 nitrogen and oxygen atoms in total. The molecule has 118 valence electrons. The van der Waals surface area contributed by atoms with Crippen LogP contribution in [0.25, 0.3) is 10.9 Å². The van der Waals surface area contributed by atoms with Crippen LogP contribution in [0.15, 0.2) is 30.5 Å². The minimum Gasteiger partial charge on any atom is -0.480 e. The zero-order valence-corrected chi connectivity index (χ0v) is 13.2. The predicted octanol–water partition coefficient (Wildman–Crippen LogP) is 2.34. The second-order valence-electron chi connectivity index (χ2n) is 5.91. The molecule has 0 saturated carbocycles. The van der Waals surface area contributed by atoms with Gasteiger partial charge in [-0.1, -0.05) is 32.0 Å². The van der Waals surface area contributed by atoms with Gasteiger partial charge in [0.2, 0.25) is 5.91 Å². The fraction of sp³-hybridized carbons (Fsp3) is 0.412. The fourth-order valence-corrected chi connectivity index (χ4v) is 2.63. The number of nitrogens with one attached hydrogen (secondary N) is 1. The number of nitrogens with zero attached hydrogens (tertiary/aromatic N) is 1. The van der Waals surface area contributed by atoms with Gasteiger partial charge >= 0.3 is 5.97 Å². The number of carbonyl (C=O) groups excluding carboxylic acids is 1. The maximum absolute atomic E-state index is 12.0. The van der Waals surface area contributed by atoms with E-state index in [4.69, 9.17) is 5.11 Å². The zero-order chi connectivity index (χ0) is 16.3. The maximum Gasteiger partial charge on any atom is 0.326 e. The van der Waals surface area contributed by atoms with E-state index in [0.717, 1.165) is 16.5 Å². The van der Waals surface area contributed by atoms with Crippen LogP contribution in [0.4, 0.5) is 0 Å². The lowest BCUT2D eigenvalue weighted by atomic mass is 10.0. The zero-order valence-electron chi connectivity index (χ0n) is 13.2. The Kier molecular flexibility index (Phi) is 4.85. The summed E-state index contributed by atoms with van der Waals surface area (Å²) in [7, 11) is 1.98. The number of aliphatic carboxylic acids is 1. The number of carbonyl (C=O) groups is 2. The molecular formula is C17H22N2O3. The van der Waals surface area contributed by atoms with E-state index in [9.17, 15) is 9.59 Å². The van der Waals surface area contributed by atoms with Gasteiger partial charge in [0, 0.05) is 30.6 Å². The summed E-state index contributed by atoms with van der Waals surface area (Å²) in [5, 5.41) is 12.8. The van der Waals surface area contributed by atoms with Gasteiger partial charge in [-0.3, -0.25) is 4.79 Å². The summed E-state index contributed by atoms with van der Waals surface area (Å²) in [6, 6.07) is 7.21. The molecule has 0 radical (unpaired) electrons. The molecule has 5 heteroatoms. The van der Waals surface area contributed by atoms with Gasteiger partial charge < -0.3 is 15.0 Å². The van der Waals surface area contributed by atoms with Gasteiger partial charge in [-0.2, -0.15) is 0 Å². The van der Waals surface area contributed by atoms with Crippen LogP contribution in [0.2, 0.25) is 0 Å². The molecule has 0 aliphatic heterocycles. The van der Waals surface area contributed by atoms with Gasteiger partial charge in [0.1, 0.15) is 6.04 Å². The number of hydrogen-bond donors (Lipinski definition) is 2. The van der Waals surface area contributed by atoms with Gasteiger partial charge in [0.15, 0.2) is 0 Å². The quantitative estimate of drug-likeness (QED) is 0.860. The molecule has 1 aromatic heterocycles. The highest BCUT2D eigenvalue weighted by Crippen LogP contribution is 2.21. The molecule has 1 heterocycles. The number of carboxylic acids is 1. The molecule has 1 aromatic carbocycles. The number of carboxylic acid groups (broad SMARTS) is 1. The lowest BCUT2D eigenvalue weighted by molar-refractivity contribution is -0.143. The third kappa shape index (κ3) is 3.47. The SMILES string of the molecule is CC(C)[C@@H](NC(=O)CCc1cn(C)c2ccccc12)C(=O)O. The second-order valence-corrected chi connectivity index (χ2v) is 5.91. The summed E-state index contributed by atoms with van der Waals surface area (Å²) in [4.78, 5) is 23.1. The molecular weight excluding hydrogens is 280 g/mol. The van der Waals surface area contributed by atoms with E-state index in [1.165, 1.54) is 0 Å². The summed E-state index contributed by atoms with van der Waals surface area (Å²) in [5.41, 5.74) is 2.23.